The molecule has 4 aliphatic rings. The zero-order chi connectivity index (χ0) is 87.4. The molecule has 0 atom stereocenters. The second-order valence-electron chi connectivity index (χ2n) is 34.5. The highest BCUT2D eigenvalue weighted by atomic mass is 32.2. The average molecular weight is 1710 g/mol. The molecule has 13 aromatic carbocycles. The summed E-state index contributed by atoms with van der Waals surface area (Å²) in [5.41, 5.74) is 30.0. The molecule has 0 fully saturated rings. The SMILES string of the molecule is CC1(C)C=CC2=C1c1ccc3c(c1-c1ccccc1S2)c1ccccc1n3-c1nc(-c2ccccc2)nc(-c2ccccc2)n1.CC1(C)c2ccncc2-c2c(sc(-c3ccccc3)c2-c2ccccc2)-c2ccc3ccccc3c21.Cc1c2c(n(-c3nc(-c4ccccc4)nc(-c4ccccc4)n3)c1C)-c1ccncc1C(c1ccccc1)(c1ccccc1)c1ccoc1-2. The first-order chi connectivity index (χ1) is 63.9. The number of allylic oxidation sites excluding steroid dienone is 3. The standard InChI is InChI=1S/C43H31N5O.C40H28N4S.C34H25NS/c1-28-29(2)48(42-46-40(30-15-7-3-8-16-30)45-41(47-42)31-17-9-4-10-18-31)38-34-23-25-44-27-36(34)43(32-19-11-5-12-20-32,33-21-13-6-14-22-33)35-24-26-49-39(35)37(28)38;1-40(2)24-23-33-36(40)29-21-22-31-35(34(29)28-18-10-12-20-32(28)45-33)27-17-9-11-19-30(27)44(31)39-42-37(25-13-5-3-6-14-25)41-38(43-39)26-15-7-4-8-16-26;1-34(2)28-19-20-35-21-27(28)30-29(23-12-5-3-6-13-23)32(24-14-7-4-8-15-24)36-33(30)26-18-17-22-11-9-10-16-25(22)31(26)34/h3-27H,1-2H3;3-24H,1-2H3;3-21H,1-2H3. The summed E-state index contributed by atoms with van der Waals surface area (Å²) < 4.78 is 11.0. The van der Waals surface area contributed by atoms with E-state index in [0.717, 1.165) is 89.4 Å². The van der Waals surface area contributed by atoms with Gasteiger partial charge >= 0.3 is 0 Å². The van der Waals surface area contributed by atoms with E-state index in [-0.39, 0.29) is 10.8 Å². The van der Waals surface area contributed by atoms with Gasteiger partial charge in [-0.3, -0.25) is 19.1 Å². The van der Waals surface area contributed by atoms with Crippen LogP contribution in [0, 0.1) is 19.3 Å². The molecule has 0 radical (unpaired) electrons. The molecule has 620 valence electrons. The van der Waals surface area contributed by atoms with E-state index in [4.69, 9.17) is 39.3 Å². The third-order valence-corrected chi connectivity index (χ3v) is 28.7. The molecule has 13 heteroatoms. The van der Waals surface area contributed by atoms with Crippen LogP contribution < -0.4 is 0 Å². The lowest BCUT2D eigenvalue weighted by Gasteiger charge is -2.36. The van der Waals surface area contributed by atoms with Crippen molar-refractivity contribution in [2.45, 2.75) is 57.3 Å². The molecule has 0 N–H and O–H groups in total. The molecular weight excluding hydrogens is 1630 g/mol. The number of thiophene rings is 1. The van der Waals surface area contributed by atoms with E-state index in [1.165, 1.54) is 108 Å². The molecule has 11 nitrogen and oxygen atoms in total. The molecule has 1 aliphatic heterocycles. The zero-order valence-electron chi connectivity index (χ0n) is 72.3. The molecule has 130 heavy (non-hydrogen) atoms. The van der Waals surface area contributed by atoms with Gasteiger partial charge in [0, 0.05) is 133 Å². The molecule has 8 aromatic heterocycles. The normalized spacial score (nSPS) is 13.7. The first-order valence-corrected chi connectivity index (χ1v) is 45.6. The first-order valence-electron chi connectivity index (χ1n) is 44.0. The van der Waals surface area contributed by atoms with E-state index in [1.807, 2.05) is 145 Å². The monoisotopic (exact) mass is 1710 g/mol. The van der Waals surface area contributed by atoms with E-state index in [0.29, 0.717) is 35.2 Å². The van der Waals surface area contributed by atoms with Gasteiger partial charge in [-0.05, 0) is 128 Å². The van der Waals surface area contributed by atoms with Gasteiger partial charge in [0.1, 0.15) is 5.76 Å². The second kappa shape index (κ2) is 32.0. The van der Waals surface area contributed by atoms with Gasteiger partial charge in [0.25, 0.3) is 0 Å². The Kier molecular flexibility index (Phi) is 19.5. The molecule has 21 aromatic rings. The Morgan fingerprint density at radius 1 is 0.354 bits per heavy atom. The number of benzene rings is 13. The number of hydrogen-bond donors (Lipinski definition) is 0. The van der Waals surface area contributed by atoms with Crippen molar-refractivity contribution in [3.8, 4) is 134 Å². The van der Waals surface area contributed by atoms with Crippen LogP contribution in [0.5, 0.6) is 0 Å². The van der Waals surface area contributed by atoms with Crippen molar-refractivity contribution in [2.75, 3.05) is 0 Å². The molecule has 0 saturated heterocycles. The van der Waals surface area contributed by atoms with Crippen molar-refractivity contribution >= 4 is 61.3 Å². The van der Waals surface area contributed by atoms with Crippen molar-refractivity contribution in [3.63, 3.8) is 0 Å². The third-order valence-electron chi connectivity index (χ3n) is 26.3. The highest BCUT2D eigenvalue weighted by Gasteiger charge is 2.48. The maximum atomic E-state index is 6.58. The maximum Gasteiger partial charge on any atom is 0.238 e. The highest BCUT2D eigenvalue weighted by Crippen LogP contribution is 2.62. The smallest absolute Gasteiger partial charge is 0.238 e. The molecule has 0 saturated carbocycles. The van der Waals surface area contributed by atoms with Crippen LogP contribution in [0.2, 0.25) is 0 Å². The number of thioether (sulfide) groups is 1. The van der Waals surface area contributed by atoms with Crippen molar-refractivity contribution in [1.29, 1.82) is 0 Å². The molecule has 0 unspecified atom stereocenters. The van der Waals surface area contributed by atoms with Crippen molar-refractivity contribution in [3.05, 3.63) is 456 Å². The Bertz CT molecular complexity index is 7910. The summed E-state index contributed by atoms with van der Waals surface area (Å²) in [5, 5.41) is 5.01. The molecule has 25 rings (SSSR count). The van der Waals surface area contributed by atoms with Crippen molar-refractivity contribution < 1.29 is 4.42 Å². The van der Waals surface area contributed by atoms with Crippen LogP contribution in [0.1, 0.15) is 77.9 Å². The Morgan fingerprint density at radius 2 is 0.862 bits per heavy atom. The van der Waals surface area contributed by atoms with Crippen LogP contribution in [-0.4, -0.2) is 49.0 Å². The fourth-order valence-electron chi connectivity index (χ4n) is 20.3. The molecule has 0 amide bonds. The summed E-state index contributed by atoms with van der Waals surface area (Å²) in [5.74, 6) is 4.47. The lowest BCUT2D eigenvalue weighted by molar-refractivity contribution is 0.575. The van der Waals surface area contributed by atoms with Gasteiger partial charge in [0.15, 0.2) is 23.3 Å². The number of rotatable bonds is 10. The molecule has 0 spiro atoms. The minimum absolute atomic E-state index is 0.0748. The van der Waals surface area contributed by atoms with E-state index in [1.54, 1.807) is 0 Å². The summed E-state index contributed by atoms with van der Waals surface area (Å²) in [4.78, 5) is 45.2. The molecule has 0 bridgehead atoms. The van der Waals surface area contributed by atoms with Crippen LogP contribution in [0.25, 0.3) is 172 Å². The maximum absolute atomic E-state index is 6.58. The number of pyridine rings is 2. The van der Waals surface area contributed by atoms with Crippen LogP contribution in [0.15, 0.2) is 415 Å². The van der Waals surface area contributed by atoms with Gasteiger partial charge in [-0.25, -0.2) is 9.97 Å². The number of para-hydroxylation sites is 1. The summed E-state index contributed by atoms with van der Waals surface area (Å²) in [6, 6.07) is 125. The Morgan fingerprint density at radius 3 is 1.47 bits per heavy atom. The average Bonchev–Trinajstić information content (AvgIpc) is 1.55. The minimum Gasteiger partial charge on any atom is -0.464 e. The van der Waals surface area contributed by atoms with E-state index < -0.39 is 5.41 Å². The third kappa shape index (κ3) is 13.0. The van der Waals surface area contributed by atoms with Crippen LogP contribution in [0.3, 0.4) is 0 Å². The van der Waals surface area contributed by atoms with Gasteiger partial charge in [0.2, 0.25) is 11.9 Å². The van der Waals surface area contributed by atoms with E-state index >= 15 is 0 Å². The number of nitrogens with zero attached hydrogens (tertiary/aromatic N) is 10. The first kappa shape index (κ1) is 79.0. The van der Waals surface area contributed by atoms with Crippen molar-refractivity contribution in [2.24, 2.45) is 5.41 Å². The van der Waals surface area contributed by atoms with E-state index in [9.17, 15) is 0 Å². The largest absolute Gasteiger partial charge is 0.464 e. The van der Waals surface area contributed by atoms with Gasteiger partial charge in [-0.15, -0.1) is 11.3 Å². The zero-order valence-corrected chi connectivity index (χ0v) is 73.9. The Labute approximate surface area is 762 Å². The summed E-state index contributed by atoms with van der Waals surface area (Å²) in [6.07, 6.45) is 14.4. The van der Waals surface area contributed by atoms with Gasteiger partial charge < -0.3 is 4.42 Å². The Balaban J connectivity index is 0.000000112. The summed E-state index contributed by atoms with van der Waals surface area (Å²) in [6.45, 7) is 13.7. The fourth-order valence-corrected chi connectivity index (χ4v) is 23.0. The number of aromatic nitrogens is 10. The van der Waals surface area contributed by atoms with Gasteiger partial charge in [0.05, 0.1) is 28.4 Å². The van der Waals surface area contributed by atoms with Gasteiger partial charge in [-0.1, -0.05) is 373 Å². The lowest BCUT2D eigenvalue weighted by Crippen LogP contribution is -2.31. The molecular formula is C117H84N10OS2. The molecule has 9 heterocycles. The highest BCUT2D eigenvalue weighted by molar-refractivity contribution is 8.03. The predicted octanol–water partition coefficient (Wildman–Crippen LogP) is 29.6. The van der Waals surface area contributed by atoms with E-state index in [2.05, 4.69) is 335 Å². The number of hydrogen-bond acceptors (Lipinski definition) is 11. The Hall–Kier alpha value is -15.7. The van der Waals surface area contributed by atoms with Crippen LogP contribution >= 0.6 is 23.1 Å². The fraction of sp³-hybridized carbons (Fsp3) is 0.0769. The molecule has 3 aliphatic carbocycles. The number of furan rings is 1. The topological polar surface area (TPSA) is 126 Å². The summed E-state index contributed by atoms with van der Waals surface area (Å²) >= 11 is 3.79. The summed E-state index contributed by atoms with van der Waals surface area (Å²) in [7, 11) is 0. The number of fused-ring (bicyclic) bond motifs is 20. The van der Waals surface area contributed by atoms with Crippen LogP contribution in [0.4, 0.5) is 0 Å². The lowest BCUT2D eigenvalue weighted by atomic mass is 9.65. The quantitative estimate of drug-likeness (QED) is 0.131. The second-order valence-corrected chi connectivity index (χ2v) is 36.6. The van der Waals surface area contributed by atoms with Crippen molar-refractivity contribution in [1.82, 2.24) is 49.0 Å². The predicted molar refractivity (Wildman–Crippen MR) is 532 cm³/mol. The van der Waals surface area contributed by atoms with Gasteiger partial charge in [-0.2, -0.15) is 19.9 Å². The minimum atomic E-state index is -0.720. The van der Waals surface area contributed by atoms with Crippen LogP contribution in [-0.2, 0) is 10.8 Å².